The zero-order chi connectivity index (χ0) is 14.0. The predicted molar refractivity (Wildman–Crippen MR) is 74.7 cm³/mol. The monoisotopic (exact) mass is 280 g/mol. The van der Waals surface area contributed by atoms with Crippen LogP contribution < -0.4 is 10.6 Å². The fourth-order valence-electron chi connectivity index (χ4n) is 1.34. The molecule has 7 heteroatoms. The highest BCUT2D eigenvalue weighted by atomic mass is 32.1. The number of carbonyl (C=O) groups is 1. The Morgan fingerprint density at radius 2 is 2.11 bits per heavy atom. The molecule has 0 aliphatic rings. The summed E-state index contributed by atoms with van der Waals surface area (Å²) in [6, 6.07) is 1.33. The van der Waals surface area contributed by atoms with Crippen molar-refractivity contribution in [2.75, 3.05) is 10.6 Å². The smallest absolute Gasteiger partial charge is 0.326 e. The second-order valence-electron chi connectivity index (χ2n) is 5.20. The summed E-state index contributed by atoms with van der Waals surface area (Å²) >= 11 is 1.37. The Labute approximate surface area is 115 Å². The van der Waals surface area contributed by atoms with Crippen LogP contribution in [-0.2, 0) is 5.41 Å². The summed E-state index contributed by atoms with van der Waals surface area (Å²) in [7, 11) is 0. The summed E-state index contributed by atoms with van der Waals surface area (Å²) in [5, 5.41) is 11.5. The number of nitrogens with zero attached hydrogens (tertiary/aromatic N) is 2. The van der Waals surface area contributed by atoms with Crippen LogP contribution in [0.4, 0.5) is 15.7 Å². The van der Waals surface area contributed by atoms with E-state index in [4.69, 9.17) is 4.52 Å². The van der Waals surface area contributed by atoms with Crippen molar-refractivity contribution < 1.29 is 9.32 Å². The van der Waals surface area contributed by atoms with Crippen molar-refractivity contribution in [3.63, 3.8) is 0 Å². The van der Waals surface area contributed by atoms with Crippen LogP contribution in [-0.4, -0.2) is 16.2 Å². The van der Waals surface area contributed by atoms with Crippen LogP contribution in [0.2, 0.25) is 0 Å². The average molecular weight is 280 g/mol. The van der Waals surface area contributed by atoms with Crippen molar-refractivity contribution in [2.24, 2.45) is 0 Å². The van der Waals surface area contributed by atoms with Crippen LogP contribution >= 0.6 is 11.3 Å². The van der Waals surface area contributed by atoms with E-state index in [0.29, 0.717) is 16.7 Å². The van der Waals surface area contributed by atoms with Crippen LogP contribution in [0, 0.1) is 6.92 Å². The van der Waals surface area contributed by atoms with E-state index in [1.54, 1.807) is 6.07 Å². The molecule has 2 aromatic heterocycles. The first kappa shape index (κ1) is 13.5. The Morgan fingerprint density at radius 3 is 2.63 bits per heavy atom. The quantitative estimate of drug-likeness (QED) is 0.883. The van der Waals surface area contributed by atoms with Crippen LogP contribution in [0.15, 0.2) is 16.0 Å². The van der Waals surface area contributed by atoms with E-state index in [1.807, 2.05) is 33.1 Å². The molecule has 2 aromatic rings. The van der Waals surface area contributed by atoms with Gasteiger partial charge in [0.05, 0.1) is 5.69 Å². The maximum absolute atomic E-state index is 11.7. The number of thiazole rings is 1. The Balaban J connectivity index is 1.97. The molecule has 2 heterocycles. The van der Waals surface area contributed by atoms with Gasteiger partial charge in [0.1, 0.15) is 5.76 Å². The third kappa shape index (κ3) is 3.54. The Morgan fingerprint density at radius 1 is 1.37 bits per heavy atom. The second-order valence-corrected chi connectivity index (χ2v) is 6.06. The maximum atomic E-state index is 11.7. The Bertz CT molecular complexity index is 583. The van der Waals surface area contributed by atoms with Gasteiger partial charge < -0.3 is 4.52 Å². The summed E-state index contributed by atoms with van der Waals surface area (Å²) in [5.41, 5.74) is 0.729. The number of hydrogen-bond acceptors (Lipinski definition) is 5. The highest BCUT2D eigenvalue weighted by Crippen LogP contribution is 2.24. The maximum Gasteiger partial charge on any atom is 0.326 e. The molecule has 0 unspecified atom stereocenters. The molecule has 0 saturated carbocycles. The van der Waals surface area contributed by atoms with Gasteiger partial charge in [-0.1, -0.05) is 25.9 Å². The number of aryl methyl sites for hydroxylation is 1. The van der Waals surface area contributed by atoms with E-state index < -0.39 is 0 Å². The zero-order valence-corrected chi connectivity index (χ0v) is 12.1. The number of hydrogen-bond donors (Lipinski definition) is 2. The first-order valence-electron chi connectivity index (χ1n) is 5.82. The Kier molecular flexibility index (Phi) is 3.57. The largest absolute Gasteiger partial charge is 0.359 e. The fraction of sp³-hybridized carbons (Fsp3) is 0.417. The normalized spacial score (nSPS) is 11.4. The summed E-state index contributed by atoms with van der Waals surface area (Å²) in [6.07, 6.45) is 0. The summed E-state index contributed by atoms with van der Waals surface area (Å²) in [6.45, 7) is 7.90. The second kappa shape index (κ2) is 5.00. The lowest BCUT2D eigenvalue weighted by Gasteiger charge is -2.11. The average Bonchev–Trinajstić information content (AvgIpc) is 2.87. The van der Waals surface area contributed by atoms with Crippen LogP contribution in [0.3, 0.4) is 0 Å². The molecule has 0 spiro atoms. The molecule has 6 nitrogen and oxygen atoms in total. The van der Waals surface area contributed by atoms with E-state index in [-0.39, 0.29) is 11.4 Å². The van der Waals surface area contributed by atoms with Gasteiger partial charge in [0.25, 0.3) is 0 Å². The number of urea groups is 1. The highest BCUT2D eigenvalue weighted by Gasteiger charge is 2.20. The molecule has 2 N–H and O–H groups in total. The lowest BCUT2D eigenvalue weighted by molar-refractivity contribution is 0.262. The topological polar surface area (TPSA) is 80.0 Å². The fourth-order valence-corrected chi connectivity index (χ4v) is 2.03. The molecular weight excluding hydrogens is 264 g/mol. The third-order valence-electron chi connectivity index (χ3n) is 2.33. The van der Waals surface area contributed by atoms with E-state index >= 15 is 0 Å². The van der Waals surface area contributed by atoms with Crippen molar-refractivity contribution in [3.05, 3.63) is 22.9 Å². The van der Waals surface area contributed by atoms with Gasteiger partial charge >= 0.3 is 6.03 Å². The van der Waals surface area contributed by atoms with Gasteiger partial charge in [0.15, 0.2) is 10.9 Å². The van der Waals surface area contributed by atoms with Gasteiger partial charge in [-0.2, -0.15) is 0 Å². The number of amides is 2. The zero-order valence-electron chi connectivity index (χ0n) is 11.3. The number of aromatic nitrogens is 2. The summed E-state index contributed by atoms with van der Waals surface area (Å²) in [4.78, 5) is 15.9. The minimum Gasteiger partial charge on any atom is -0.359 e. The van der Waals surface area contributed by atoms with E-state index in [0.717, 1.165) is 5.69 Å². The van der Waals surface area contributed by atoms with Gasteiger partial charge in [0.2, 0.25) is 0 Å². The summed E-state index contributed by atoms with van der Waals surface area (Å²) < 4.78 is 5.18. The van der Waals surface area contributed by atoms with E-state index in [1.165, 1.54) is 11.3 Å². The summed E-state index contributed by atoms with van der Waals surface area (Å²) in [5.74, 6) is 1.10. The molecule has 0 bridgehead atoms. The molecule has 102 valence electrons. The van der Waals surface area contributed by atoms with Crippen molar-refractivity contribution in [1.82, 2.24) is 10.1 Å². The molecule has 19 heavy (non-hydrogen) atoms. The van der Waals surface area contributed by atoms with Crippen molar-refractivity contribution in [1.29, 1.82) is 0 Å². The first-order chi connectivity index (χ1) is 8.84. The molecule has 0 aliphatic carbocycles. The third-order valence-corrected chi connectivity index (χ3v) is 3.21. The predicted octanol–water partition coefficient (Wildman–Crippen LogP) is 3.38. The molecule has 0 aliphatic heterocycles. The molecule has 2 rings (SSSR count). The number of carbonyl (C=O) groups excluding carboxylic acids is 1. The van der Waals surface area contributed by atoms with Gasteiger partial charge in [-0.15, -0.1) is 11.3 Å². The number of anilines is 2. The van der Waals surface area contributed by atoms with Crippen LogP contribution in [0.1, 0.15) is 32.2 Å². The van der Waals surface area contributed by atoms with Gasteiger partial charge in [-0.25, -0.2) is 9.78 Å². The molecule has 0 aromatic carbocycles. The molecule has 0 atom stereocenters. The lowest BCUT2D eigenvalue weighted by Crippen LogP contribution is -2.19. The SMILES string of the molecule is Cc1csc(NC(=O)Nc2cc(C(C)(C)C)on2)n1. The van der Waals surface area contributed by atoms with E-state index in [9.17, 15) is 4.79 Å². The minimum atomic E-state index is -0.386. The molecule has 0 saturated heterocycles. The van der Waals surface area contributed by atoms with Crippen molar-refractivity contribution in [3.8, 4) is 0 Å². The highest BCUT2D eigenvalue weighted by molar-refractivity contribution is 7.13. The van der Waals surface area contributed by atoms with Crippen LogP contribution in [0.25, 0.3) is 0 Å². The Hall–Kier alpha value is -1.89. The van der Waals surface area contributed by atoms with Crippen LogP contribution in [0.5, 0.6) is 0 Å². The molecule has 0 fully saturated rings. The number of nitrogens with one attached hydrogen (secondary N) is 2. The standard InChI is InChI=1S/C12H16N4O2S/c1-7-6-19-11(13-7)15-10(17)14-9-5-8(18-16-9)12(2,3)4/h5-6H,1-4H3,(H2,13,14,15,16,17). The molecule has 2 amide bonds. The van der Waals surface area contributed by atoms with Crippen molar-refractivity contribution in [2.45, 2.75) is 33.1 Å². The minimum absolute atomic E-state index is 0.143. The van der Waals surface area contributed by atoms with Gasteiger partial charge in [-0.3, -0.25) is 10.6 Å². The van der Waals surface area contributed by atoms with E-state index in [2.05, 4.69) is 20.8 Å². The molecular formula is C12H16N4O2S. The molecule has 0 radical (unpaired) electrons. The van der Waals surface area contributed by atoms with Gasteiger partial charge in [-0.05, 0) is 6.92 Å². The van der Waals surface area contributed by atoms with Crippen molar-refractivity contribution >= 4 is 28.3 Å². The first-order valence-corrected chi connectivity index (χ1v) is 6.70. The lowest BCUT2D eigenvalue weighted by atomic mass is 9.93. The number of rotatable bonds is 2. The van der Waals surface area contributed by atoms with Gasteiger partial charge in [0, 0.05) is 16.9 Å².